The molecule has 11 nitrogen and oxygen atoms in total. The quantitative estimate of drug-likeness (QED) is 0.198. The zero-order valence-corrected chi connectivity index (χ0v) is 18.1. The smallest absolute Gasteiger partial charge is 0.407 e. The van der Waals surface area contributed by atoms with E-state index in [0.717, 1.165) is 24.6 Å². The van der Waals surface area contributed by atoms with Crippen LogP contribution in [0, 0.1) is 0 Å². The van der Waals surface area contributed by atoms with E-state index >= 15 is 0 Å². The van der Waals surface area contributed by atoms with Crippen molar-refractivity contribution in [1.29, 1.82) is 0 Å². The lowest BCUT2D eigenvalue weighted by molar-refractivity contribution is -0.144. The highest BCUT2D eigenvalue weighted by molar-refractivity contribution is 7.99. The number of aromatic nitrogens is 2. The average Bonchev–Trinajstić information content (AvgIpc) is 3.24. The fourth-order valence-corrected chi connectivity index (χ4v) is 2.83. The van der Waals surface area contributed by atoms with Crippen molar-refractivity contribution in [3.8, 4) is 11.5 Å². The first kappa shape index (κ1) is 24.0. The Kier molecular flexibility index (Phi) is 9.62. The van der Waals surface area contributed by atoms with Crippen LogP contribution < -0.4 is 16.4 Å². The standard InChI is InChI=1S/C19H25N5O6S/c1-3-4-9-29-18(27)21-10-14(17(26)28-2)22-15(25)11-31-19-24-23-16(30-19)12-5-7-13(20)8-6-12/h5-8,14H,3-4,9-11,20H2,1-2H3,(H,21,27)(H,22,25). The maximum atomic E-state index is 12.2. The van der Waals surface area contributed by atoms with Crippen LogP contribution in [0.15, 0.2) is 33.9 Å². The van der Waals surface area contributed by atoms with Gasteiger partial charge in [0.2, 0.25) is 11.8 Å². The van der Waals surface area contributed by atoms with Crippen LogP contribution in [0.5, 0.6) is 0 Å². The number of amides is 2. The van der Waals surface area contributed by atoms with Crippen LogP contribution in [0.4, 0.5) is 10.5 Å². The highest BCUT2D eigenvalue weighted by atomic mass is 32.2. The summed E-state index contributed by atoms with van der Waals surface area (Å²) in [5, 5.41) is 12.9. The second kappa shape index (κ2) is 12.4. The Morgan fingerprint density at radius 2 is 1.97 bits per heavy atom. The number of carbonyl (C=O) groups excluding carboxylic acids is 3. The van der Waals surface area contributed by atoms with Gasteiger partial charge in [-0.05, 0) is 30.7 Å². The maximum absolute atomic E-state index is 12.2. The summed E-state index contributed by atoms with van der Waals surface area (Å²) >= 11 is 1.01. The summed E-state index contributed by atoms with van der Waals surface area (Å²) < 4.78 is 15.1. The molecule has 0 aliphatic carbocycles. The molecule has 1 aromatic heterocycles. The first-order chi connectivity index (χ1) is 14.9. The summed E-state index contributed by atoms with van der Waals surface area (Å²) in [5.41, 5.74) is 6.95. The molecule has 4 N–H and O–H groups in total. The van der Waals surface area contributed by atoms with Crippen molar-refractivity contribution in [3.63, 3.8) is 0 Å². The van der Waals surface area contributed by atoms with E-state index in [1.165, 1.54) is 7.11 Å². The molecule has 168 valence electrons. The molecule has 2 aromatic rings. The van der Waals surface area contributed by atoms with E-state index in [1.807, 2.05) is 6.92 Å². The van der Waals surface area contributed by atoms with Crippen molar-refractivity contribution in [1.82, 2.24) is 20.8 Å². The molecular formula is C19H25N5O6S. The largest absolute Gasteiger partial charge is 0.467 e. The Bertz CT molecular complexity index is 873. The van der Waals surface area contributed by atoms with Crippen molar-refractivity contribution in [3.05, 3.63) is 24.3 Å². The molecular weight excluding hydrogens is 426 g/mol. The van der Waals surface area contributed by atoms with Crippen molar-refractivity contribution in [2.24, 2.45) is 0 Å². The number of ether oxygens (including phenoxy) is 2. The number of alkyl carbamates (subject to hydrolysis) is 1. The van der Waals surface area contributed by atoms with Crippen LogP contribution in [0.25, 0.3) is 11.5 Å². The third kappa shape index (κ3) is 8.16. The van der Waals surface area contributed by atoms with Gasteiger partial charge in [-0.1, -0.05) is 25.1 Å². The zero-order chi connectivity index (χ0) is 22.6. The van der Waals surface area contributed by atoms with Crippen LogP contribution >= 0.6 is 11.8 Å². The van der Waals surface area contributed by atoms with Crippen LogP contribution in [0.2, 0.25) is 0 Å². The van der Waals surface area contributed by atoms with E-state index in [4.69, 9.17) is 14.9 Å². The lowest BCUT2D eigenvalue weighted by Gasteiger charge is -2.16. The summed E-state index contributed by atoms with van der Waals surface area (Å²) in [4.78, 5) is 35.8. The Balaban J connectivity index is 1.83. The minimum absolute atomic E-state index is 0.0855. The molecule has 0 radical (unpaired) electrons. The number of rotatable bonds is 11. The van der Waals surface area contributed by atoms with Crippen LogP contribution in [0.1, 0.15) is 19.8 Å². The molecule has 0 saturated carbocycles. The van der Waals surface area contributed by atoms with Crippen LogP contribution in [0.3, 0.4) is 0 Å². The van der Waals surface area contributed by atoms with Crippen LogP contribution in [-0.4, -0.2) is 60.2 Å². The number of hydrogen-bond acceptors (Lipinski definition) is 10. The van der Waals surface area contributed by atoms with Gasteiger partial charge in [-0.25, -0.2) is 9.59 Å². The number of methoxy groups -OCH3 is 1. The van der Waals surface area contributed by atoms with Crippen molar-refractivity contribution in [2.45, 2.75) is 31.0 Å². The van der Waals surface area contributed by atoms with E-state index in [1.54, 1.807) is 24.3 Å². The Hall–Kier alpha value is -3.28. The van der Waals surface area contributed by atoms with E-state index in [9.17, 15) is 14.4 Å². The highest BCUT2D eigenvalue weighted by Crippen LogP contribution is 2.23. The van der Waals surface area contributed by atoms with Gasteiger partial charge in [0.1, 0.15) is 6.04 Å². The minimum Gasteiger partial charge on any atom is -0.467 e. The molecule has 1 atom stereocenters. The van der Waals surface area contributed by atoms with E-state index < -0.39 is 24.0 Å². The first-order valence-corrected chi connectivity index (χ1v) is 10.5. The lowest BCUT2D eigenvalue weighted by atomic mass is 10.2. The normalized spacial score (nSPS) is 11.4. The highest BCUT2D eigenvalue weighted by Gasteiger charge is 2.23. The first-order valence-electron chi connectivity index (χ1n) is 9.53. The number of nitrogen functional groups attached to an aromatic ring is 1. The van der Waals surface area contributed by atoms with Crippen molar-refractivity contribution < 1.29 is 28.3 Å². The number of thioether (sulfide) groups is 1. The molecule has 1 aromatic carbocycles. The molecule has 0 saturated heterocycles. The Labute approximate surface area is 183 Å². The number of anilines is 1. The summed E-state index contributed by atoms with van der Waals surface area (Å²) in [5.74, 6) is -0.969. The number of benzene rings is 1. The Morgan fingerprint density at radius 1 is 1.23 bits per heavy atom. The van der Waals surface area contributed by atoms with Crippen molar-refractivity contribution in [2.75, 3.05) is 31.7 Å². The molecule has 0 fully saturated rings. The molecule has 2 amide bonds. The van der Waals surface area contributed by atoms with Gasteiger partial charge in [0.05, 0.1) is 26.0 Å². The second-order valence-corrected chi connectivity index (χ2v) is 7.22. The zero-order valence-electron chi connectivity index (χ0n) is 17.3. The van der Waals surface area contributed by atoms with Gasteiger partial charge in [-0.15, -0.1) is 10.2 Å². The molecule has 1 heterocycles. The fraction of sp³-hybridized carbons (Fsp3) is 0.421. The third-order valence-electron chi connectivity index (χ3n) is 3.89. The molecule has 0 aliphatic heterocycles. The SMILES string of the molecule is CCCCOC(=O)NCC(NC(=O)CSc1nnc(-c2ccc(N)cc2)o1)C(=O)OC. The fourth-order valence-electron chi connectivity index (χ4n) is 2.25. The molecule has 0 bridgehead atoms. The third-order valence-corrected chi connectivity index (χ3v) is 4.71. The van der Waals surface area contributed by atoms with Gasteiger partial charge in [-0.2, -0.15) is 0 Å². The number of nitrogens with two attached hydrogens (primary N) is 1. The molecule has 12 heteroatoms. The van der Waals surface area contributed by atoms with Gasteiger partial charge in [-0.3, -0.25) is 4.79 Å². The molecule has 0 spiro atoms. The number of hydrogen-bond donors (Lipinski definition) is 3. The predicted molar refractivity (Wildman–Crippen MR) is 113 cm³/mol. The summed E-state index contributed by atoms with van der Waals surface area (Å²) in [6.07, 6.45) is 0.942. The van der Waals surface area contributed by atoms with E-state index in [2.05, 4.69) is 25.6 Å². The van der Waals surface area contributed by atoms with Gasteiger partial charge in [0.15, 0.2) is 0 Å². The summed E-state index contributed by atoms with van der Waals surface area (Å²) in [6, 6.07) is 5.84. The predicted octanol–water partition coefficient (Wildman–Crippen LogP) is 1.59. The molecule has 0 aliphatic rings. The number of nitrogens with one attached hydrogen (secondary N) is 2. The summed E-state index contributed by atoms with van der Waals surface area (Å²) in [6.45, 7) is 2.07. The average molecular weight is 452 g/mol. The number of nitrogens with zero attached hydrogens (tertiary/aromatic N) is 2. The second-order valence-electron chi connectivity index (χ2n) is 6.30. The molecule has 31 heavy (non-hydrogen) atoms. The van der Waals surface area contributed by atoms with E-state index in [0.29, 0.717) is 17.1 Å². The number of carbonyl (C=O) groups is 3. The van der Waals surface area contributed by atoms with Gasteiger partial charge in [0, 0.05) is 11.3 Å². The lowest BCUT2D eigenvalue weighted by Crippen LogP contribution is -2.49. The number of esters is 1. The van der Waals surface area contributed by atoms with E-state index in [-0.39, 0.29) is 24.1 Å². The molecule has 2 rings (SSSR count). The summed E-state index contributed by atoms with van der Waals surface area (Å²) in [7, 11) is 1.19. The minimum atomic E-state index is -1.06. The van der Waals surface area contributed by atoms with Gasteiger partial charge >= 0.3 is 12.1 Å². The number of unbranched alkanes of at least 4 members (excludes halogenated alkanes) is 1. The topological polar surface area (TPSA) is 159 Å². The van der Waals surface area contributed by atoms with Crippen molar-refractivity contribution >= 4 is 35.4 Å². The Morgan fingerprint density at radius 3 is 2.65 bits per heavy atom. The van der Waals surface area contributed by atoms with Gasteiger partial charge in [0.25, 0.3) is 5.22 Å². The maximum Gasteiger partial charge on any atom is 0.407 e. The van der Waals surface area contributed by atoms with Crippen LogP contribution in [-0.2, 0) is 19.1 Å². The molecule has 1 unspecified atom stereocenters. The van der Waals surface area contributed by atoms with Gasteiger partial charge < -0.3 is 30.3 Å². The monoisotopic (exact) mass is 451 g/mol.